The molecule has 0 aliphatic rings. The summed E-state index contributed by atoms with van der Waals surface area (Å²) in [6.07, 6.45) is 3.47. The molecule has 0 spiro atoms. The van der Waals surface area contributed by atoms with E-state index in [-0.39, 0.29) is 17.2 Å². The van der Waals surface area contributed by atoms with Gasteiger partial charge in [-0.3, -0.25) is 9.78 Å². The molecule has 1 amide bonds. The van der Waals surface area contributed by atoms with Crippen LogP contribution in [0.15, 0.2) is 29.9 Å². The molecule has 98 valence electrons. The van der Waals surface area contributed by atoms with Gasteiger partial charge in [-0.2, -0.15) is 0 Å². The van der Waals surface area contributed by atoms with Gasteiger partial charge < -0.3 is 10.4 Å². The first-order chi connectivity index (χ1) is 9.13. The first kappa shape index (κ1) is 13.2. The number of thiophene rings is 1. The van der Waals surface area contributed by atoms with Crippen LogP contribution in [0.2, 0.25) is 0 Å². The fourth-order valence-corrected chi connectivity index (χ4v) is 2.56. The lowest BCUT2D eigenvalue weighted by molar-refractivity contribution is 0.0698. The van der Waals surface area contributed by atoms with Crippen molar-refractivity contribution in [2.75, 3.05) is 5.32 Å². The number of aryl methyl sites for hydroxylation is 1. The van der Waals surface area contributed by atoms with Gasteiger partial charge >= 0.3 is 5.97 Å². The Balaban J connectivity index is 2.27. The highest BCUT2D eigenvalue weighted by Gasteiger charge is 2.16. The number of carboxylic acid groups (broad SMARTS) is 1. The van der Waals surface area contributed by atoms with Crippen LogP contribution in [0.1, 0.15) is 32.5 Å². The maximum absolute atomic E-state index is 12.1. The number of anilines is 1. The van der Waals surface area contributed by atoms with Crippen molar-refractivity contribution in [3.05, 3.63) is 45.9 Å². The molecule has 0 atom stereocenters. The molecule has 0 fully saturated rings. The quantitative estimate of drug-likeness (QED) is 0.899. The molecule has 19 heavy (non-hydrogen) atoms. The summed E-state index contributed by atoms with van der Waals surface area (Å²) in [6.45, 7) is 1.96. The van der Waals surface area contributed by atoms with E-state index in [1.165, 1.54) is 29.8 Å². The summed E-state index contributed by atoms with van der Waals surface area (Å²) in [4.78, 5) is 27.6. The number of rotatable bonds is 4. The Bertz CT molecular complexity index is 622. The number of aromatic carboxylic acids is 1. The molecule has 0 saturated carbocycles. The number of nitrogens with zero attached hydrogens (tertiary/aromatic N) is 1. The molecule has 0 unspecified atom stereocenters. The van der Waals surface area contributed by atoms with E-state index >= 15 is 0 Å². The second-order valence-electron chi connectivity index (χ2n) is 3.81. The van der Waals surface area contributed by atoms with Crippen molar-refractivity contribution in [1.82, 2.24) is 4.98 Å². The molecule has 2 aromatic rings. The number of nitrogens with one attached hydrogen (secondary N) is 1. The SMILES string of the molecule is CCc1ccsc1C(=O)Nc1cnccc1C(=O)O. The molecule has 5 nitrogen and oxygen atoms in total. The Morgan fingerprint density at radius 3 is 2.89 bits per heavy atom. The zero-order chi connectivity index (χ0) is 13.8. The van der Waals surface area contributed by atoms with Crippen LogP contribution in [0, 0.1) is 0 Å². The molecule has 6 heteroatoms. The van der Waals surface area contributed by atoms with Gasteiger partial charge in [0.2, 0.25) is 0 Å². The zero-order valence-corrected chi connectivity index (χ0v) is 11.0. The summed E-state index contributed by atoms with van der Waals surface area (Å²) in [5.74, 6) is -1.40. The second-order valence-corrected chi connectivity index (χ2v) is 4.73. The van der Waals surface area contributed by atoms with E-state index < -0.39 is 5.97 Å². The van der Waals surface area contributed by atoms with Gasteiger partial charge in [0.1, 0.15) is 0 Å². The third-order valence-corrected chi connectivity index (χ3v) is 3.59. The number of amides is 1. The summed E-state index contributed by atoms with van der Waals surface area (Å²) >= 11 is 1.34. The van der Waals surface area contributed by atoms with Crippen molar-refractivity contribution in [3.63, 3.8) is 0 Å². The highest BCUT2D eigenvalue weighted by molar-refractivity contribution is 7.12. The largest absolute Gasteiger partial charge is 0.478 e. The van der Waals surface area contributed by atoms with E-state index in [2.05, 4.69) is 10.3 Å². The highest BCUT2D eigenvalue weighted by atomic mass is 32.1. The minimum Gasteiger partial charge on any atom is -0.478 e. The van der Waals surface area contributed by atoms with Gasteiger partial charge in [0.15, 0.2) is 0 Å². The number of carbonyl (C=O) groups excluding carboxylic acids is 1. The highest BCUT2D eigenvalue weighted by Crippen LogP contribution is 2.20. The molecular weight excluding hydrogens is 264 g/mol. The van der Waals surface area contributed by atoms with Crippen LogP contribution in [-0.4, -0.2) is 22.0 Å². The maximum Gasteiger partial charge on any atom is 0.337 e. The van der Waals surface area contributed by atoms with Crippen molar-refractivity contribution in [2.24, 2.45) is 0 Å². The standard InChI is InChI=1S/C13H12N2O3S/c1-2-8-4-6-19-11(8)12(16)15-10-7-14-5-3-9(10)13(17)18/h3-7H,2H2,1H3,(H,15,16)(H,17,18). The van der Waals surface area contributed by atoms with E-state index in [1.807, 2.05) is 18.4 Å². The van der Waals surface area contributed by atoms with Crippen LogP contribution in [0.5, 0.6) is 0 Å². The van der Waals surface area contributed by atoms with Gasteiger partial charge in [0.05, 0.1) is 22.3 Å². The number of hydrogen-bond donors (Lipinski definition) is 2. The van der Waals surface area contributed by atoms with Crippen LogP contribution in [0.25, 0.3) is 0 Å². The Morgan fingerprint density at radius 2 is 2.21 bits per heavy atom. The molecule has 2 N–H and O–H groups in total. The second kappa shape index (κ2) is 5.62. The smallest absolute Gasteiger partial charge is 0.337 e. The topological polar surface area (TPSA) is 79.3 Å². The number of carbonyl (C=O) groups is 2. The minimum atomic E-state index is -1.10. The summed E-state index contributed by atoms with van der Waals surface area (Å²) in [6, 6.07) is 3.24. The van der Waals surface area contributed by atoms with Gasteiger partial charge in [-0.05, 0) is 29.5 Å². The fourth-order valence-electron chi connectivity index (χ4n) is 1.67. The van der Waals surface area contributed by atoms with Crippen LogP contribution in [0.4, 0.5) is 5.69 Å². The first-order valence-corrected chi connectivity index (χ1v) is 6.56. The minimum absolute atomic E-state index is 0.0259. The predicted octanol–water partition coefficient (Wildman–Crippen LogP) is 2.66. The average molecular weight is 276 g/mol. The molecule has 2 rings (SSSR count). The summed E-state index contributed by atoms with van der Waals surface area (Å²) in [5.41, 5.74) is 1.18. The number of pyridine rings is 1. The number of aromatic nitrogens is 1. The normalized spacial score (nSPS) is 10.2. The first-order valence-electron chi connectivity index (χ1n) is 5.68. The zero-order valence-electron chi connectivity index (χ0n) is 10.2. The third-order valence-electron chi connectivity index (χ3n) is 2.63. The molecule has 0 radical (unpaired) electrons. The Kier molecular flexibility index (Phi) is 3.91. The lowest BCUT2D eigenvalue weighted by Crippen LogP contribution is -2.15. The Morgan fingerprint density at radius 1 is 1.42 bits per heavy atom. The van der Waals surface area contributed by atoms with E-state index in [1.54, 1.807) is 0 Å². The van der Waals surface area contributed by atoms with Crippen molar-refractivity contribution < 1.29 is 14.7 Å². The van der Waals surface area contributed by atoms with Crippen LogP contribution >= 0.6 is 11.3 Å². The van der Waals surface area contributed by atoms with Crippen LogP contribution < -0.4 is 5.32 Å². The van der Waals surface area contributed by atoms with Crippen LogP contribution in [-0.2, 0) is 6.42 Å². The molecule has 0 aliphatic carbocycles. The van der Waals surface area contributed by atoms with Crippen LogP contribution in [0.3, 0.4) is 0 Å². The van der Waals surface area contributed by atoms with Gasteiger partial charge in [-0.15, -0.1) is 11.3 Å². The van der Waals surface area contributed by atoms with E-state index in [0.29, 0.717) is 4.88 Å². The van der Waals surface area contributed by atoms with Crippen molar-refractivity contribution in [3.8, 4) is 0 Å². The molecule has 2 heterocycles. The maximum atomic E-state index is 12.1. The van der Waals surface area contributed by atoms with Gasteiger partial charge in [-0.25, -0.2) is 4.79 Å². The molecule has 2 aromatic heterocycles. The summed E-state index contributed by atoms with van der Waals surface area (Å²) in [7, 11) is 0. The summed E-state index contributed by atoms with van der Waals surface area (Å²) < 4.78 is 0. The lowest BCUT2D eigenvalue weighted by atomic mass is 10.2. The Hall–Kier alpha value is -2.21. The predicted molar refractivity (Wildman–Crippen MR) is 72.8 cm³/mol. The van der Waals surface area contributed by atoms with Crippen molar-refractivity contribution in [1.29, 1.82) is 0 Å². The van der Waals surface area contributed by atoms with Gasteiger partial charge in [0.25, 0.3) is 5.91 Å². The van der Waals surface area contributed by atoms with E-state index in [0.717, 1.165) is 12.0 Å². The number of carboxylic acids is 1. The Labute approximate surface area is 113 Å². The van der Waals surface area contributed by atoms with Gasteiger partial charge in [-0.1, -0.05) is 6.92 Å². The fraction of sp³-hybridized carbons (Fsp3) is 0.154. The van der Waals surface area contributed by atoms with Crippen molar-refractivity contribution >= 4 is 28.9 Å². The monoisotopic (exact) mass is 276 g/mol. The third kappa shape index (κ3) is 2.79. The molecule has 0 aromatic carbocycles. The summed E-state index contributed by atoms with van der Waals surface area (Å²) in [5, 5.41) is 13.5. The van der Waals surface area contributed by atoms with E-state index in [9.17, 15) is 9.59 Å². The lowest BCUT2D eigenvalue weighted by Gasteiger charge is -2.07. The molecular formula is C13H12N2O3S. The molecule has 0 saturated heterocycles. The van der Waals surface area contributed by atoms with E-state index in [4.69, 9.17) is 5.11 Å². The average Bonchev–Trinajstić information content (AvgIpc) is 2.87. The molecule has 0 aliphatic heterocycles. The molecule has 0 bridgehead atoms. The number of hydrogen-bond acceptors (Lipinski definition) is 4. The van der Waals surface area contributed by atoms with Crippen molar-refractivity contribution in [2.45, 2.75) is 13.3 Å². The van der Waals surface area contributed by atoms with Gasteiger partial charge in [0, 0.05) is 6.20 Å².